The molecule has 0 spiro atoms. The van der Waals surface area contributed by atoms with Gasteiger partial charge in [0.05, 0.1) is 0 Å². The van der Waals surface area contributed by atoms with E-state index in [2.05, 4.69) is 16.7 Å². The van der Waals surface area contributed by atoms with E-state index in [0.29, 0.717) is 6.04 Å². The van der Waals surface area contributed by atoms with Gasteiger partial charge in [0.1, 0.15) is 0 Å². The summed E-state index contributed by atoms with van der Waals surface area (Å²) in [5.74, 6) is 1.88. The van der Waals surface area contributed by atoms with Crippen molar-refractivity contribution in [3.63, 3.8) is 0 Å². The van der Waals surface area contributed by atoms with Crippen LogP contribution in [0.25, 0.3) is 0 Å². The summed E-state index contributed by atoms with van der Waals surface area (Å²) < 4.78 is 0. The van der Waals surface area contributed by atoms with Gasteiger partial charge in [-0.25, -0.2) is 0 Å². The lowest BCUT2D eigenvalue weighted by atomic mass is 9.95. The van der Waals surface area contributed by atoms with Gasteiger partial charge in [0.15, 0.2) is 5.11 Å². The summed E-state index contributed by atoms with van der Waals surface area (Å²) >= 11 is 5.43. The molecule has 0 unspecified atom stereocenters. The van der Waals surface area contributed by atoms with Crippen molar-refractivity contribution in [2.24, 2.45) is 11.8 Å². The number of fused-ring (bicyclic) bond motifs is 2. The van der Waals surface area contributed by atoms with Crippen LogP contribution < -0.4 is 10.6 Å². The lowest BCUT2D eigenvalue weighted by Gasteiger charge is -2.24. The molecule has 2 bridgehead atoms. The van der Waals surface area contributed by atoms with E-state index in [1.54, 1.807) is 5.57 Å². The minimum Gasteiger partial charge on any atom is -0.362 e. The van der Waals surface area contributed by atoms with Crippen molar-refractivity contribution in [1.82, 2.24) is 10.6 Å². The number of hydrogen-bond acceptors (Lipinski definition) is 1. The van der Waals surface area contributed by atoms with Crippen LogP contribution in [0.15, 0.2) is 11.6 Å². The van der Waals surface area contributed by atoms with Crippen LogP contribution in [-0.4, -0.2) is 17.7 Å². The Labute approximate surface area is 122 Å². The molecule has 2 N–H and O–H groups in total. The molecule has 19 heavy (non-hydrogen) atoms. The van der Waals surface area contributed by atoms with E-state index >= 15 is 0 Å². The molecule has 106 valence electrons. The first-order valence-electron chi connectivity index (χ1n) is 8.03. The first-order chi connectivity index (χ1) is 9.31. The zero-order valence-electron chi connectivity index (χ0n) is 11.8. The monoisotopic (exact) mass is 278 g/mol. The maximum Gasteiger partial charge on any atom is 0.166 e. The fraction of sp³-hybridized carbons (Fsp3) is 0.812. The van der Waals surface area contributed by atoms with Gasteiger partial charge in [-0.3, -0.25) is 0 Å². The minimum atomic E-state index is 0.660. The van der Waals surface area contributed by atoms with Crippen LogP contribution in [-0.2, 0) is 0 Å². The third kappa shape index (κ3) is 3.50. The maximum absolute atomic E-state index is 5.43. The van der Waals surface area contributed by atoms with E-state index in [4.69, 9.17) is 12.2 Å². The molecule has 3 aliphatic rings. The van der Waals surface area contributed by atoms with Crippen molar-refractivity contribution in [2.75, 3.05) is 6.54 Å². The number of thiocarbonyl (C=S) groups is 1. The molecule has 0 amide bonds. The Bertz CT molecular complexity index is 364. The Morgan fingerprint density at radius 1 is 1.26 bits per heavy atom. The molecule has 3 heteroatoms. The summed E-state index contributed by atoms with van der Waals surface area (Å²) in [7, 11) is 0. The number of nitrogens with one attached hydrogen (secondary N) is 2. The van der Waals surface area contributed by atoms with Gasteiger partial charge in [-0.1, -0.05) is 18.1 Å². The third-order valence-corrected chi connectivity index (χ3v) is 5.43. The maximum atomic E-state index is 5.43. The van der Waals surface area contributed by atoms with E-state index in [1.165, 1.54) is 57.8 Å². The normalized spacial score (nSPS) is 33.1. The van der Waals surface area contributed by atoms with Crippen molar-refractivity contribution in [3.05, 3.63) is 11.6 Å². The Kier molecular flexibility index (Phi) is 4.42. The predicted molar refractivity (Wildman–Crippen MR) is 84.1 cm³/mol. The largest absolute Gasteiger partial charge is 0.362 e. The molecule has 0 aliphatic heterocycles. The summed E-state index contributed by atoms with van der Waals surface area (Å²) in [6.45, 7) is 0.998. The van der Waals surface area contributed by atoms with Crippen molar-refractivity contribution in [1.29, 1.82) is 0 Å². The van der Waals surface area contributed by atoms with Crippen molar-refractivity contribution < 1.29 is 0 Å². The van der Waals surface area contributed by atoms with Gasteiger partial charge in [-0.05, 0) is 75.4 Å². The fourth-order valence-corrected chi connectivity index (χ4v) is 4.36. The van der Waals surface area contributed by atoms with Gasteiger partial charge in [-0.15, -0.1) is 0 Å². The van der Waals surface area contributed by atoms with E-state index in [-0.39, 0.29) is 0 Å². The van der Waals surface area contributed by atoms with Crippen LogP contribution in [0.4, 0.5) is 0 Å². The van der Waals surface area contributed by atoms with Gasteiger partial charge in [0, 0.05) is 12.6 Å². The second-order valence-electron chi connectivity index (χ2n) is 6.54. The Morgan fingerprint density at radius 2 is 2.21 bits per heavy atom. The molecule has 2 saturated carbocycles. The van der Waals surface area contributed by atoms with Gasteiger partial charge in [0.25, 0.3) is 0 Å². The minimum absolute atomic E-state index is 0.660. The number of rotatable bonds is 4. The molecule has 3 aliphatic carbocycles. The van der Waals surface area contributed by atoms with E-state index in [9.17, 15) is 0 Å². The van der Waals surface area contributed by atoms with Gasteiger partial charge >= 0.3 is 0 Å². The zero-order valence-corrected chi connectivity index (χ0v) is 12.6. The molecule has 0 heterocycles. The average Bonchev–Trinajstić information content (AvgIpc) is 3.02. The first kappa shape index (κ1) is 13.4. The highest BCUT2D eigenvalue weighted by molar-refractivity contribution is 7.80. The number of hydrogen-bond donors (Lipinski definition) is 2. The van der Waals surface area contributed by atoms with Gasteiger partial charge in [-0.2, -0.15) is 0 Å². The lowest BCUT2D eigenvalue weighted by Crippen LogP contribution is -2.44. The quantitative estimate of drug-likeness (QED) is 0.608. The second kappa shape index (κ2) is 6.25. The topological polar surface area (TPSA) is 24.1 Å². The molecule has 3 atom stereocenters. The Morgan fingerprint density at radius 3 is 2.89 bits per heavy atom. The molecule has 0 aromatic rings. The van der Waals surface area contributed by atoms with Crippen molar-refractivity contribution >= 4 is 17.3 Å². The Hall–Kier alpha value is -0.570. The molecular formula is C16H26N2S. The van der Waals surface area contributed by atoms with Crippen LogP contribution >= 0.6 is 12.2 Å². The van der Waals surface area contributed by atoms with Crippen LogP contribution in [0.3, 0.4) is 0 Å². The van der Waals surface area contributed by atoms with Crippen molar-refractivity contribution in [3.8, 4) is 0 Å². The molecule has 0 aromatic carbocycles. The average molecular weight is 278 g/mol. The summed E-state index contributed by atoms with van der Waals surface area (Å²) in [5.41, 5.74) is 1.63. The Balaban J connectivity index is 1.34. The third-order valence-electron chi connectivity index (χ3n) is 5.17. The van der Waals surface area contributed by atoms with Crippen molar-refractivity contribution in [2.45, 2.75) is 63.8 Å². The van der Waals surface area contributed by atoms with E-state index in [0.717, 1.165) is 23.5 Å². The molecule has 0 aromatic heterocycles. The zero-order chi connectivity index (χ0) is 13.1. The predicted octanol–water partition coefficient (Wildman–Crippen LogP) is 3.53. The highest BCUT2D eigenvalue weighted by Crippen LogP contribution is 2.44. The SMILES string of the molecule is S=C(NCCC1=CCCCC1)N[C@H]1C[C@H]2CC[C@@H]1C2. The summed E-state index contributed by atoms with van der Waals surface area (Å²) in [6.07, 6.45) is 14.6. The molecule has 3 rings (SSSR count). The fourth-order valence-electron chi connectivity index (χ4n) is 4.11. The van der Waals surface area contributed by atoms with Crippen LogP contribution in [0.5, 0.6) is 0 Å². The van der Waals surface area contributed by atoms with E-state index < -0.39 is 0 Å². The molecular weight excluding hydrogens is 252 g/mol. The smallest absolute Gasteiger partial charge is 0.166 e. The number of allylic oxidation sites excluding steroid dienone is 1. The summed E-state index contributed by atoms with van der Waals surface area (Å²) in [5, 5.41) is 7.83. The summed E-state index contributed by atoms with van der Waals surface area (Å²) in [4.78, 5) is 0. The van der Waals surface area contributed by atoms with E-state index in [1.807, 2.05) is 0 Å². The highest BCUT2D eigenvalue weighted by Gasteiger charge is 2.39. The first-order valence-corrected chi connectivity index (χ1v) is 8.44. The molecule has 0 saturated heterocycles. The standard InChI is InChI=1S/C16H26N2S/c19-16(17-9-8-12-4-2-1-3-5-12)18-15-11-13-6-7-14(15)10-13/h4,13-15H,1-3,5-11H2,(H2,17,18,19)/t13-,14+,15-/m0/s1. The summed E-state index contributed by atoms with van der Waals surface area (Å²) in [6, 6.07) is 0.660. The highest BCUT2D eigenvalue weighted by atomic mass is 32.1. The van der Waals surface area contributed by atoms with Gasteiger partial charge < -0.3 is 10.6 Å². The molecule has 2 nitrogen and oxygen atoms in total. The van der Waals surface area contributed by atoms with Crippen LogP contribution in [0, 0.1) is 11.8 Å². The van der Waals surface area contributed by atoms with Crippen LogP contribution in [0.1, 0.15) is 57.8 Å². The second-order valence-corrected chi connectivity index (χ2v) is 6.95. The lowest BCUT2D eigenvalue weighted by molar-refractivity contribution is 0.389. The van der Waals surface area contributed by atoms with Gasteiger partial charge in [0.2, 0.25) is 0 Å². The molecule has 0 radical (unpaired) electrons. The molecule has 2 fully saturated rings. The van der Waals surface area contributed by atoms with Crippen LogP contribution in [0.2, 0.25) is 0 Å².